The molecular formula is C10H15NO2. The van der Waals surface area contributed by atoms with Gasteiger partial charge in [-0.2, -0.15) is 0 Å². The number of carbonyl (C=O) groups excluding carboxylic acids is 1. The van der Waals surface area contributed by atoms with E-state index in [1.165, 1.54) is 0 Å². The first-order valence-corrected chi connectivity index (χ1v) is 4.33. The number of rotatable bonds is 4. The molecule has 0 aliphatic carbocycles. The van der Waals surface area contributed by atoms with Crippen molar-refractivity contribution in [1.29, 1.82) is 0 Å². The van der Waals surface area contributed by atoms with Gasteiger partial charge in [-0.05, 0) is 27.0 Å². The Morgan fingerprint density at radius 3 is 2.85 bits per heavy atom. The number of carbonyl (C=O) groups is 1. The highest BCUT2D eigenvalue weighted by Crippen LogP contribution is 2.06. The van der Waals surface area contributed by atoms with Gasteiger partial charge in [-0.15, -0.1) is 0 Å². The number of hydrogen-bond acceptors (Lipinski definition) is 3. The van der Waals surface area contributed by atoms with Crippen molar-refractivity contribution >= 4 is 5.78 Å². The van der Waals surface area contributed by atoms with Crippen molar-refractivity contribution in [1.82, 2.24) is 4.90 Å². The van der Waals surface area contributed by atoms with E-state index in [0.717, 1.165) is 12.1 Å². The minimum Gasteiger partial charge on any atom is -0.472 e. The molecule has 1 unspecified atom stereocenters. The molecule has 0 radical (unpaired) electrons. The van der Waals surface area contributed by atoms with Gasteiger partial charge >= 0.3 is 0 Å². The minimum absolute atomic E-state index is 0.0325. The number of nitrogens with zero attached hydrogens (tertiary/aromatic N) is 1. The van der Waals surface area contributed by atoms with Crippen LogP contribution in [0.1, 0.15) is 19.4 Å². The summed E-state index contributed by atoms with van der Waals surface area (Å²) in [5.74, 6) is 0.186. The molecule has 1 aromatic rings. The molecule has 13 heavy (non-hydrogen) atoms. The number of furan rings is 1. The van der Waals surface area contributed by atoms with Crippen LogP contribution in [0.2, 0.25) is 0 Å². The lowest BCUT2D eigenvalue weighted by Crippen LogP contribution is -2.33. The zero-order valence-corrected chi connectivity index (χ0v) is 8.28. The number of hydrogen-bond donors (Lipinski definition) is 0. The molecule has 1 aromatic heterocycles. The summed E-state index contributed by atoms with van der Waals surface area (Å²) in [6.07, 6.45) is 3.34. The summed E-state index contributed by atoms with van der Waals surface area (Å²) in [7, 11) is 1.93. The molecule has 72 valence electrons. The average Bonchev–Trinajstić information content (AvgIpc) is 2.55. The number of Topliss-reactive ketones (excluding diaryl/α,β-unsaturated/α-hetero) is 1. The Morgan fingerprint density at radius 2 is 2.38 bits per heavy atom. The highest BCUT2D eigenvalue weighted by Gasteiger charge is 2.13. The molecule has 0 aliphatic rings. The fourth-order valence-electron chi connectivity index (χ4n) is 1.12. The molecule has 3 nitrogen and oxygen atoms in total. The predicted molar refractivity (Wildman–Crippen MR) is 50.3 cm³/mol. The molecule has 1 rings (SSSR count). The van der Waals surface area contributed by atoms with Crippen molar-refractivity contribution in [3.8, 4) is 0 Å². The zero-order chi connectivity index (χ0) is 9.84. The summed E-state index contributed by atoms with van der Waals surface area (Å²) in [6, 6.07) is 1.87. The Balaban J connectivity index is 2.50. The largest absolute Gasteiger partial charge is 0.472 e. The van der Waals surface area contributed by atoms with E-state index in [0.29, 0.717) is 0 Å². The van der Waals surface area contributed by atoms with Crippen LogP contribution in [0.25, 0.3) is 0 Å². The lowest BCUT2D eigenvalue weighted by atomic mass is 10.2. The van der Waals surface area contributed by atoms with Crippen molar-refractivity contribution in [2.75, 3.05) is 7.05 Å². The first-order valence-electron chi connectivity index (χ1n) is 4.33. The van der Waals surface area contributed by atoms with Crippen LogP contribution in [0.4, 0.5) is 0 Å². The Labute approximate surface area is 78.3 Å². The van der Waals surface area contributed by atoms with Crippen LogP contribution in [0.5, 0.6) is 0 Å². The van der Waals surface area contributed by atoms with E-state index in [1.54, 1.807) is 19.5 Å². The predicted octanol–water partition coefficient (Wildman–Crippen LogP) is 1.69. The van der Waals surface area contributed by atoms with Crippen molar-refractivity contribution in [3.05, 3.63) is 24.2 Å². The first-order chi connectivity index (χ1) is 6.11. The Kier molecular flexibility index (Phi) is 3.25. The third kappa shape index (κ3) is 2.70. The SMILES string of the molecule is CC(=O)C(C)N(C)Cc1ccoc1. The van der Waals surface area contributed by atoms with Crippen LogP contribution in [0.3, 0.4) is 0 Å². The van der Waals surface area contributed by atoms with Gasteiger partial charge in [0.1, 0.15) is 5.78 Å². The lowest BCUT2D eigenvalue weighted by molar-refractivity contribution is -0.121. The molecule has 0 bridgehead atoms. The van der Waals surface area contributed by atoms with E-state index in [1.807, 2.05) is 24.9 Å². The second-order valence-electron chi connectivity index (χ2n) is 3.33. The summed E-state index contributed by atoms with van der Waals surface area (Å²) < 4.78 is 4.94. The van der Waals surface area contributed by atoms with Gasteiger partial charge in [0.15, 0.2) is 0 Å². The van der Waals surface area contributed by atoms with Gasteiger partial charge in [0, 0.05) is 12.1 Å². The summed E-state index contributed by atoms with van der Waals surface area (Å²) in [4.78, 5) is 13.0. The Bertz CT molecular complexity index is 266. The molecule has 0 saturated heterocycles. The van der Waals surface area contributed by atoms with Gasteiger partial charge in [0.05, 0.1) is 18.6 Å². The van der Waals surface area contributed by atoms with E-state index >= 15 is 0 Å². The number of ketones is 1. The Hall–Kier alpha value is -1.09. The third-order valence-electron chi connectivity index (χ3n) is 2.26. The summed E-state index contributed by atoms with van der Waals surface area (Å²) >= 11 is 0. The summed E-state index contributed by atoms with van der Waals surface area (Å²) in [6.45, 7) is 4.26. The molecule has 3 heteroatoms. The fraction of sp³-hybridized carbons (Fsp3) is 0.500. The molecule has 0 N–H and O–H groups in total. The van der Waals surface area contributed by atoms with Gasteiger partial charge in [-0.3, -0.25) is 9.69 Å². The smallest absolute Gasteiger partial charge is 0.146 e. The molecule has 0 aromatic carbocycles. The molecular weight excluding hydrogens is 166 g/mol. The van der Waals surface area contributed by atoms with Gasteiger partial charge < -0.3 is 4.42 Å². The highest BCUT2D eigenvalue weighted by atomic mass is 16.3. The first kappa shape index (κ1) is 9.99. The Morgan fingerprint density at radius 1 is 1.69 bits per heavy atom. The maximum absolute atomic E-state index is 11.0. The monoisotopic (exact) mass is 181 g/mol. The fourth-order valence-corrected chi connectivity index (χ4v) is 1.12. The topological polar surface area (TPSA) is 33.5 Å². The van der Waals surface area contributed by atoms with Crippen LogP contribution in [0.15, 0.2) is 23.0 Å². The lowest BCUT2D eigenvalue weighted by Gasteiger charge is -2.21. The average molecular weight is 181 g/mol. The van der Waals surface area contributed by atoms with Gasteiger partial charge in [0.25, 0.3) is 0 Å². The third-order valence-corrected chi connectivity index (χ3v) is 2.26. The van der Waals surface area contributed by atoms with Crippen LogP contribution in [-0.2, 0) is 11.3 Å². The zero-order valence-electron chi connectivity index (χ0n) is 8.28. The van der Waals surface area contributed by atoms with Crippen LogP contribution in [0, 0.1) is 0 Å². The second-order valence-corrected chi connectivity index (χ2v) is 3.33. The summed E-state index contributed by atoms with van der Waals surface area (Å²) in [5.41, 5.74) is 1.09. The van der Waals surface area contributed by atoms with Crippen LogP contribution >= 0.6 is 0 Å². The van der Waals surface area contributed by atoms with Crippen molar-refractivity contribution in [2.45, 2.75) is 26.4 Å². The minimum atomic E-state index is -0.0325. The highest BCUT2D eigenvalue weighted by molar-refractivity contribution is 5.80. The van der Waals surface area contributed by atoms with Crippen molar-refractivity contribution < 1.29 is 9.21 Å². The molecule has 1 heterocycles. The standard InChI is InChI=1S/C10H15NO2/c1-8(9(2)12)11(3)6-10-4-5-13-7-10/h4-5,7-8H,6H2,1-3H3. The van der Waals surface area contributed by atoms with E-state index in [9.17, 15) is 4.79 Å². The quantitative estimate of drug-likeness (QED) is 0.708. The summed E-state index contributed by atoms with van der Waals surface area (Å²) in [5, 5.41) is 0. The number of likely N-dealkylation sites (N-methyl/N-ethyl adjacent to an activating group) is 1. The molecule has 0 fully saturated rings. The molecule has 0 spiro atoms. The van der Waals surface area contributed by atoms with Gasteiger partial charge in [-0.25, -0.2) is 0 Å². The van der Waals surface area contributed by atoms with E-state index in [2.05, 4.69) is 0 Å². The normalized spacial score (nSPS) is 13.2. The molecule has 0 aliphatic heterocycles. The maximum atomic E-state index is 11.0. The van der Waals surface area contributed by atoms with Gasteiger partial charge in [-0.1, -0.05) is 0 Å². The molecule has 0 saturated carbocycles. The maximum Gasteiger partial charge on any atom is 0.146 e. The van der Waals surface area contributed by atoms with Crippen LogP contribution < -0.4 is 0 Å². The van der Waals surface area contributed by atoms with Crippen molar-refractivity contribution in [2.24, 2.45) is 0 Å². The second kappa shape index (κ2) is 4.23. The van der Waals surface area contributed by atoms with Crippen molar-refractivity contribution in [3.63, 3.8) is 0 Å². The van der Waals surface area contributed by atoms with Crippen LogP contribution in [-0.4, -0.2) is 23.8 Å². The van der Waals surface area contributed by atoms with E-state index in [-0.39, 0.29) is 11.8 Å². The van der Waals surface area contributed by atoms with Gasteiger partial charge in [0.2, 0.25) is 0 Å². The molecule has 1 atom stereocenters. The van der Waals surface area contributed by atoms with E-state index < -0.39 is 0 Å². The molecule has 0 amide bonds. The van der Waals surface area contributed by atoms with E-state index in [4.69, 9.17) is 4.42 Å².